The standard InChI is InChI=1S/C22H20Cl2N2O3S/c1-13-20(24)21(30-26-13)25-19(27)11-14-3-7-16(8-4-14)22(2)28-12-18(29-22)15-5-9-17(23)10-6-15/h3-10,18H,11-12H2,1-2H3,(H,25,27). The van der Waals surface area contributed by atoms with Crippen LogP contribution in [0.25, 0.3) is 0 Å². The Morgan fingerprint density at radius 2 is 1.90 bits per heavy atom. The maximum Gasteiger partial charge on any atom is 0.229 e. The molecule has 1 saturated heterocycles. The van der Waals surface area contributed by atoms with Gasteiger partial charge in [-0.1, -0.05) is 59.6 Å². The fourth-order valence-corrected chi connectivity index (χ4v) is 4.36. The highest BCUT2D eigenvalue weighted by atomic mass is 35.5. The number of anilines is 1. The van der Waals surface area contributed by atoms with Crippen LogP contribution in [-0.4, -0.2) is 16.9 Å². The van der Waals surface area contributed by atoms with E-state index in [0.29, 0.717) is 27.3 Å². The number of aryl methyl sites for hydroxylation is 1. The zero-order valence-corrected chi connectivity index (χ0v) is 18.8. The molecule has 4 rings (SSSR count). The summed E-state index contributed by atoms with van der Waals surface area (Å²) in [5.41, 5.74) is 3.50. The third-order valence-electron chi connectivity index (χ3n) is 5.01. The molecule has 2 heterocycles. The molecular weight excluding hydrogens is 443 g/mol. The van der Waals surface area contributed by atoms with Crippen molar-refractivity contribution in [3.05, 3.63) is 81.0 Å². The molecule has 3 aromatic rings. The molecule has 0 bridgehead atoms. The summed E-state index contributed by atoms with van der Waals surface area (Å²) in [6.07, 6.45) is 0.0738. The van der Waals surface area contributed by atoms with Gasteiger partial charge in [-0.05, 0) is 48.6 Å². The summed E-state index contributed by atoms with van der Waals surface area (Å²) in [5, 5.41) is 4.56. The normalized spacial score (nSPS) is 21.0. The molecule has 0 saturated carbocycles. The molecule has 1 aromatic heterocycles. The molecule has 1 amide bonds. The van der Waals surface area contributed by atoms with Crippen molar-refractivity contribution >= 4 is 45.6 Å². The largest absolute Gasteiger partial charge is 0.343 e. The van der Waals surface area contributed by atoms with Gasteiger partial charge < -0.3 is 14.8 Å². The Morgan fingerprint density at radius 3 is 2.53 bits per heavy atom. The first kappa shape index (κ1) is 21.3. The summed E-state index contributed by atoms with van der Waals surface area (Å²) >= 11 is 13.3. The van der Waals surface area contributed by atoms with Crippen LogP contribution in [-0.2, 0) is 26.5 Å². The highest BCUT2D eigenvalue weighted by Gasteiger charge is 2.39. The number of ether oxygens (including phenoxy) is 2. The summed E-state index contributed by atoms with van der Waals surface area (Å²) < 4.78 is 16.3. The Balaban J connectivity index is 1.40. The second kappa shape index (κ2) is 8.65. The van der Waals surface area contributed by atoms with E-state index in [0.717, 1.165) is 16.7 Å². The monoisotopic (exact) mass is 462 g/mol. The molecule has 8 heteroatoms. The van der Waals surface area contributed by atoms with Gasteiger partial charge in [0, 0.05) is 10.6 Å². The SMILES string of the molecule is Cc1nsc(NC(=O)Cc2ccc(C3(C)OCC(c4ccc(Cl)cc4)O3)cc2)c1Cl. The lowest BCUT2D eigenvalue weighted by molar-refractivity contribution is -0.162. The summed E-state index contributed by atoms with van der Waals surface area (Å²) in [6, 6.07) is 15.2. The number of hydrogen-bond donors (Lipinski definition) is 1. The number of benzene rings is 2. The van der Waals surface area contributed by atoms with E-state index in [4.69, 9.17) is 32.7 Å². The van der Waals surface area contributed by atoms with Crippen molar-refractivity contribution in [2.75, 3.05) is 11.9 Å². The van der Waals surface area contributed by atoms with Gasteiger partial charge in [-0.25, -0.2) is 0 Å². The smallest absolute Gasteiger partial charge is 0.229 e. The number of carbonyl (C=O) groups excluding carboxylic acids is 1. The predicted octanol–water partition coefficient (Wildman–Crippen LogP) is 5.90. The zero-order chi connectivity index (χ0) is 21.3. The van der Waals surface area contributed by atoms with Crippen molar-refractivity contribution in [2.45, 2.75) is 32.2 Å². The molecule has 2 aromatic carbocycles. The van der Waals surface area contributed by atoms with E-state index < -0.39 is 5.79 Å². The van der Waals surface area contributed by atoms with Crippen molar-refractivity contribution < 1.29 is 14.3 Å². The Morgan fingerprint density at radius 1 is 1.20 bits per heavy atom. The van der Waals surface area contributed by atoms with Crippen LogP contribution in [0.15, 0.2) is 48.5 Å². The Hall–Kier alpha value is -1.96. The van der Waals surface area contributed by atoms with Gasteiger partial charge in [0.15, 0.2) is 5.79 Å². The summed E-state index contributed by atoms with van der Waals surface area (Å²) in [4.78, 5) is 12.3. The maximum absolute atomic E-state index is 12.3. The van der Waals surface area contributed by atoms with Gasteiger partial charge in [0.1, 0.15) is 11.1 Å². The average Bonchev–Trinajstić information content (AvgIpc) is 3.28. The van der Waals surface area contributed by atoms with Crippen molar-refractivity contribution in [1.82, 2.24) is 4.37 Å². The molecule has 30 heavy (non-hydrogen) atoms. The Labute approximate surface area is 189 Å². The number of carbonyl (C=O) groups is 1. The first-order valence-corrected chi connectivity index (χ1v) is 11.0. The predicted molar refractivity (Wildman–Crippen MR) is 119 cm³/mol. The minimum Gasteiger partial charge on any atom is -0.343 e. The van der Waals surface area contributed by atoms with Gasteiger partial charge >= 0.3 is 0 Å². The second-order valence-corrected chi connectivity index (χ2v) is 8.84. The minimum absolute atomic E-state index is 0.143. The van der Waals surface area contributed by atoms with Crippen LogP contribution in [0.5, 0.6) is 0 Å². The van der Waals surface area contributed by atoms with Gasteiger partial charge in [0.25, 0.3) is 0 Å². The Kier molecular flexibility index (Phi) is 6.14. The van der Waals surface area contributed by atoms with Crippen LogP contribution >= 0.6 is 34.7 Å². The van der Waals surface area contributed by atoms with Crippen LogP contribution in [0.3, 0.4) is 0 Å². The molecule has 1 N–H and O–H groups in total. The molecule has 1 fully saturated rings. The zero-order valence-electron chi connectivity index (χ0n) is 16.4. The van der Waals surface area contributed by atoms with E-state index in [-0.39, 0.29) is 18.4 Å². The molecule has 156 valence electrons. The molecular formula is C22H20Cl2N2O3S. The number of hydrogen-bond acceptors (Lipinski definition) is 5. The van der Waals surface area contributed by atoms with Crippen LogP contribution < -0.4 is 5.32 Å². The molecule has 1 aliphatic rings. The van der Waals surface area contributed by atoms with Gasteiger partial charge in [-0.2, -0.15) is 4.37 Å². The average molecular weight is 463 g/mol. The lowest BCUT2D eigenvalue weighted by Gasteiger charge is -2.24. The van der Waals surface area contributed by atoms with Crippen molar-refractivity contribution in [3.63, 3.8) is 0 Å². The molecule has 0 spiro atoms. The molecule has 0 aliphatic carbocycles. The van der Waals surface area contributed by atoms with Gasteiger partial charge in [-0.3, -0.25) is 4.79 Å². The number of nitrogens with one attached hydrogen (secondary N) is 1. The summed E-state index contributed by atoms with van der Waals surface area (Å²) in [7, 11) is 0. The van der Waals surface area contributed by atoms with E-state index >= 15 is 0 Å². The number of halogens is 2. The highest BCUT2D eigenvalue weighted by Crippen LogP contribution is 2.40. The minimum atomic E-state index is -0.848. The quantitative estimate of drug-likeness (QED) is 0.512. The number of amides is 1. The number of aromatic nitrogens is 1. The lowest BCUT2D eigenvalue weighted by atomic mass is 10.0. The lowest BCUT2D eigenvalue weighted by Crippen LogP contribution is -2.22. The van der Waals surface area contributed by atoms with Gasteiger partial charge in [0.05, 0.1) is 23.7 Å². The van der Waals surface area contributed by atoms with Crippen molar-refractivity contribution in [1.29, 1.82) is 0 Å². The summed E-state index contributed by atoms with van der Waals surface area (Å²) in [6.45, 7) is 4.16. The molecule has 2 atom stereocenters. The molecule has 1 aliphatic heterocycles. The van der Waals surface area contributed by atoms with Crippen LogP contribution in [0, 0.1) is 6.92 Å². The third kappa shape index (κ3) is 4.53. The second-order valence-electron chi connectivity index (χ2n) is 7.25. The van der Waals surface area contributed by atoms with E-state index in [1.807, 2.05) is 55.5 Å². The first-order chi connectivity index (χ1) is 14.3. The van der Waals surface area contributed by atoms with E-state index in [2.05, 4.69) is 9.69 Å². The summed E-state index contributed by atoms with van der Waals surface area (Å²) in [5.74, 6) is -0.991. The van der Waals surface area contributed by atoms with E-state index in [1.54, 1.807) is 6.92 Å². The fourth-order valence-electron chi connectivity index (χ4n) is 3.29. The third-order valence-corrected chi connectivity index (χ3v) is 6.69. The molecule has 2 unspecified atom stereocenters. The number of nitrogens with zero attached hydrogens (tertiary/aromatic N) is 1. The molecule has 0 radical (unpaired) electrons. The van der Waals surface area contributed by atoms with Crippen molar-refractivity contribution in [3.8, 4) is 0 Å². The van der Waals surface area contributed by atoms with E-state index in [1.165, 1.54) is 11.5 Å². The Bertz CT molecular complexity index is 1050. The highest BCUT2D eigenvalue weighted by molar-refractivity contribution is 7.11. The van der Waals surface area contributed by atoms with Crippen LogP contribution in [0.1, 0.15) is 35.4 Å². The fraction of sp³-hybridized carbons (Fsp3) is 0.273. The van der Waals surface area contributed by atoms with Crippen LogP contribution in [0.2, 0.25) is 10.0 Å². The van der Waals surface area contributed by atoms with Gasteiger partial charge in [-0.15, -0.1) is 0 Å². The number of rotatable bonds is 5. The van der Waals surface area contributed by atoms with Crippen molar-refractivity contribution in [2.24, 2.45) is 0 Å². The van der Waals surface area contributed by atoms with E-state index in [9.17, 15) is 4.79 Å². The topological polar surface area (TPSA) is 60.5 Å². The maximum atomic E-state index is 12.3. The first-order valence-electron chi connectivity index (χ1n) is 9.42. The van der Waals surface area contributed by atoms with Crippen LogP contribution in [0.4, 0.5) is 5.00 Å². The molecule has 5 nitrogen and oxygen atoms in total. The van der Waals surface area contributed by atoms with Gasteiger partial charge in [0.2, 0.25) is 5.91 Å².